The quantitative estimate of drug-likeness (QED) is 0.500. The zero-order valence-corrected chi connectivity index (χ0v) is 19.2. The average Bonchev–Trinajstić information content (AvgIpc) is 3.30. The highest BCUT2D eigenvalue weighted by atomic mass is 19.1. The fourth-order valence-electron chi connectivity index (χ4n) is 3.94. The lowest BCUT2D eigenvalue weighted by atomic mass is 10.1. The molecule has 3 aromatic rings. The van der Waals surface area contributed by atoms with Crippen molar-refractivity contribution in [3.63, 3.8) is 0 Å². The van der Waals surface area contributed by atoms with Gasteiger partial charge in [0.15, 0.2) is 24.0 Å². The number of aliphatic hydroxyl groups is 1. The van der Waals surface area contributed by atoms with Gasteiger partial charge in [0.2, 0.25) is 0 Å². The van der Waals surface area contributed by atoms with E-state index in [0.29, 0.717) is 17.1 Å². The van der Waals surface area contributed by atoms with Gasteiger partial charge in [0.05, 0.1) is 13.7 Å². The molecule has 2 heterocycles. The topological polar surface area (TPSA) is 96.8 Å². The molecule has 1 amide bonds. The molecule has 0 spiro atoms. The molecule has 1 aliphatic heterocycles. The average molecular weight is 467 g/mol. The maximum Gasteiger partial charge on any atom is 0.258 e. The van der Waals surface area contributed by atoms with Crippen molar-refractivity contribution < 1.29 is 23.8 Å². The number of carbonyl (C=O) groups is 1. The molecule has 34 heavy (non-hydrogen) atoms. The van der Waals surface area contributed by atoms with Gasteiger partial charge in [-0.3, -0.25) is 4.79 Å². The second kappa shape index (κ2) is 10.5. The fourth-order valence-corrected chi connectivity index (χ4v) is 3.94. The van der Waals surface area contributed by atoms with Crippen molar-refractivity contribution in [3.8, 4) is 22.9 Å². The molecule has 0 saturated heterocycles. The van der Waals surface area contributed by atoms with Crippen molar-refractivity contribution in [2.75, 3.05) is 38.3 Å². The van der Waals surface area contributed by atoms with Crippen molar-refractivity contribution in [2.45, 2.75) is 19.8 Å². The second-order valence-electron chi connectivity index (χ2n) is 7.76. The first-order valence-electron chi connectivity index (χ1n) is 11.2. The van der Waals surface area contributed by atoms with Crippen molar-refractivity contribution in [3.05, 3.63) is 59.5 Å². The number of aryl methyl sites for hydroxylation is 1. The first kappa shape index (κ1) is 23.4. The van der Waals surface area contributed by atoms with E-state index in [1.165, 1.54) is 13.2 Å². The monoisotopic (exact) mass is 466 g/mol. The molecule has 9 heteroatoms. The van der Waals surface area contributed by atoms with Crippen LogP contribution in [-0.2, 0) is 17.6 Å². The van der Waals surface area contributed by atoms with Crippen LogP contribution in [-0.4, -0.2) is 54.4 Å². The van der Waals surface area contributed by atoms with Crippen LogP contribution >= 0.6 is 0 Å². The Morgan fingerprint density at radius 2 is 2.09 bits per heavy atom. The normalized spacial score (nSPS) is 12.4. The zero-order valence-electron chi connectivity index (χ0n) is 19.2. The minimum atomic E-state index is -0.466. The Morgan fingerprint density at radius 1 is 1.24 bits per heavy atom. The van der Waals surface area contributed by atoms with E-state index in [1.807, 2.05) is 25.1 Å². The molecule has 0 saturated carbocycles. The molecule has 0 unspecified atom stereocenters. The summed E-state index contributed by atoms with van der Waals surface area (Å²) in [5.74, 6) is 1.19. The molecular formula is C25H27FN4O4. The first-order valence-corrected chi connectivity index (χ1v) is 11.2. The summed E-state index contributed by atoms with van der Waals surface area (Å²) in [5, 5.41) is 11.4. The lowest BCUT2D eigenvalue weighted by Gasteiger charge is -2.20. The number of carbonyl (C=O) groups excluding carboxylic acids is 1. The Labute approximate surface area is 197 Å². The third kappa shape index (κ3) is 4.94. The highest BCUT2D eigenvalue weighted by Crippen LogP contribution is 2.37. The number of hydrogen-bond acceptors (Lipinski definition) is 7. The number of aliphatic hydroxyl groups excluding tert-OH is 1. The van der Waals surface area contributed by atoms with E-state index in [4.69, 9.17) is 24.5 Å². The van der Waals surface area contributed by atoms with Gasteiger partial charge in [0.25, 0.3) is 5.91 Å². The summed E-state index contributed by atoms with van der Waals surface area (Å²) in [4.78, 5) is 23.4. The number of anilines is 2. The summed E-state index contributed by atoms with van der Waals surface area (Å²) in [6.07, 6.45) is 1.53. The number of benzene rings is 2. The number of rotatable bonds is 9. The fraction of sp³-hybridized carbons (Fsp3) is 0.320. The van der Waals surface area contributed by atoms with Gasteiger partial charge >= 0.3 is 0 Å². The predicted octanol–water partition coefficient (Wildman–Crippen LogP) is 3.04. The molecule has 1 aliphatic rings. The van der Waals surface area contributed by atoms with Gasteiger partial charge < -0.3 is 24.8 Å². The number of nitrogens with one attached hydrogen (secondary N) is 1. The summed E-state index contributed by atoms with van der Waals surface area (Å²) in [5.41, 5.74) is 3.47. The van der Waals surface area contributed by atoms with Crippen LogP contribution in [0.5, 0.6) is 11.5 Å². The van der Waals surface area contributed by atoms with Crippen molar-refractivity contribution in [2.24, 2.45) is 0 Å². The molecule has 2 N–H and O–H groups in total. The number of methoxy groups -OCH3 is 1. The predicted molar refractivity (Wildman–Crippen MR) is 126 cm³/mol. The highest BCUT2D eigenvalue weighted by Gasteiger charge is 2.27. The smallest absolute Gasteiger partial charge is 0.258 e. The summed E-state index contributed by atoms with van der Waals surface area (Å²) in [6, 6.07) is 12.2. The van der Waals surface area contributed by atoms with Crippen LogP contribution in [0.3, 0.4) is 0 Å². The van der Waals surface area contributed by atoms with E-state index in [-0.39, 0.29) is 31.4 Å². The van der Waals surface area contributed by atoms with Crippen molar-refractivity contribution >= 4 is 17.4 Å². The SMILES string of the molecule is CCc1nc(-c2ccc(OC)c(F)c2)nc2c1CCN2c1cccc(OCC(=O)NCCO)c1. The molecular weight excluding hydrogens is 439 g/mol. The summed E-state index contributed by atoms with van der Waals surface area (Å²) >= 11 is 0. The van der Waals surface area contributed by atoms with Crippen LogP contribution in [0, 0.1) is 5.82 Å². The van der Waals surface area contributed by atoms with Crippen LogP contribution in [0.25, 0.3) is 11.4 Å². The van der Waals surface area contributed by atoms with Gasteiger partial charge in [-0.25, -0.2) is 14.4 Å². The number of nitrogens with zero attached hydrogens (tertiary/aromatic N) is 3. The molecule has 0 radical (unpaired) electrons. The number of amides is 1. The van der Waals surface area contributed by atoms with Crippen LogP contribution in [0.1, 0.15) is 18.2 Å². The van der Waals surface area contributed by atoms with E-state index < -0.39 is 5.82 Å². The van der Waals surface area contributed by atoms with Crippen LogP contribution in [0.4, 0.5) is 15.9 Å². The standard InChI is InChI=1S/C25H27FN4O4/c1-3-21-19-9-11-30(17-5-4-6-18(14-17)34-15-23(32)27-10-12-31)25(19)29-24(28-21)16-7-8-22(33-2)20(26)13-16/h4-8,13-14,31H,3,9-12,15H2,1-2H3,(H,27,32). The minimum Gasteiger partial charge on any atom is -0.494 e. The van der Waals surface area contributed by atoms with E-state index in [0.717, 1.165) is 42.1 Å². The maximum absolute atomic E-state index is 14.3. The van der Waals surface area contributed by atoms with E-state index in [1.54, 1.807) is 18.2 Å². The Bertz CT molecular complexity index is 1190. The van der Waals surface area contributed by atoms with Gasteiger partial charge in [0, 0.05) is 41.7 Å². The molecule has 1 aromatic heterocycles. The molecule has 0 aliphatic carbocycles. The zero-order chi connectivity index (χ0) is 24.1. The number of hydrogen-bond donors (Lipinski definition) is 2. The molecule has 0 atom stereocenters. The van der Waals surface area contributed by atoms with Crippen molar-refractivity contribution in [1.29, 1.82) is 0 Å². The number of ether oxygens (including phenoxy) is 2. The summed E-state index contributed by atoms with van der Waals surface area (Å²) in [6.45, 7) is 2.68. The number of fused-ring (bicyclic) bond motifs is 1. The highest BCUT2D eigenvalue weighted by molar-refractivity contribution is 5.77. The van der Waals surface area contributed by atoms with Gasteiger partial charge in [-0.15, -0.1) is 0 Å². The Morgan fingerprint density at radius 3 is 2.82 bits per heavy atom. The maximum atomic E-state index is 14.3. The van der Waals surface area contributed by atoms with Gasteiger partial charge in [-0.2, -0.15) is 0 Å². The summed E-state index contributed by atoms with van der Waals surface area (Å²) < 4.78 is 25.0. The Balaban J connectivity index is 1.62. The lowest BCUT2D eigenvalue weighted by molar-refractivity contribution is -0.123. The number of halogens is 1. The molecule has 0 bridgehead atoms. The van der Waals surface area contributed by atoms with E-state index in [9.17, 15) is 9.18 Å². The Kier molecular flexibility index (Phi) is 7.22. The van der Waals surface area contributed by atoms with Crippen molar-refractivity contribution in [1.82, 2.24) is 15.3 Å². The molecule has 2 aromatic carbocycles. The third-order valence-electron chi connectivity index (χ3n) is 5.59. The van der Waals surface area contributed by atoms with Crippen LogP contribution < -0.4 is 19.7 Å². The van der Waals surface area contributed by atoms with E-state index >= 15 is 0 Å². The van der Waals surface area contributed by atoms with Gasteiger partial charge in [-0.1, -0.05) is 13.0 Å². The molecule has 4 rings (SSSR count). The number of aromatic nitrogens is 2. The van der Waals surface area contributed by atoms with Gasteiger partial charge in [-0.05, 0) is 43.2 Å². The van der Waals surface area contributed by atoms with E-state index in [2.05, 4.69) is 10.2 Å². The third-order valence-corrected chi connectivity index (χ3v) is 5.59. The largest absolute Gasteiger partial charge is 0.494 e. The summed E-state index contributed by atoms with van der Waals surface area (Å²) in [7, 11) is 1.43. The molecule has 8 nitrogen and oxygen atoms in total. The van der Waals surface area contributed by atoms with Crippen LogP contribution in [0.15, 0.2) is 42.5 Å². The molecule has 0 fully saturated rings. The minimum absolute atomic E-state index is 0.123. The van der Waals surface area contributed by atoms with Crippen LogP contribution in [0.2, 0.25) is 0 Å². The molecule has 178 valence electrons. The Hall–Kier alpha value is -3.72. The lowest BCUT2D eigenvalue weighted by Crippen LogP contribution is -2.31. The van der Waals surface area contributed by atoms with Gasteiger partial charge in [0.1, 0.15) is 11.6 Å². The first-order chi connectivity index (χ1) is 16.5. The second-order valence-corrected chi connectivity index (χ2v) is 7.76.